The van der Waals surface area contributed by atoms with Crippen molar-refractivity contribution in [1.29, 1.82) is 0 Å². The molecule has 0 aliphatic heterocycles. The molecular formula is C27H21N3O3S. The Hall–Kier alpha value is -4.10. The van der Waals surface area contributed by atoms with Crippen molar-refractivity contribution in [2.24, 2.45) is 0 Å². The lowest BCUT2D eigenvalue weighted by molar-refractivity contribution is -0.124. The third-order valence-corrected chi connectivity index (χ3v) is 6.58. The molecule has 1 unspecified atom stereocenters. The number of nitrogens with one attached hydrogen (secondary N) is 1. The van der Waals surface area contributed by atoms with E-state index in [-0.39, 0.29) is 5.91 Å². The number of carbonyl (C=O) groups excluding carboxylic acids is 2. The maximum absolute atomic E-state index is 13.3. The van der Waals surface area contributed by atoms with E-state index in [4.69, 9.17) is 9.72 Å². The molecule has 1 N–H and O–H groups in total. The topological polar surface area (TPSA) is 81.2 Å². The van der Waals surface area contributed by atoms with Gasteiger partial charge in [0.25, 0.3) is 5.91 Å². The van der Waals surface area contributed by atoms with Crippen LogP contribution in [0.25, 0.3) is 31.6 Å². The molecule has 1 amide bonds. The number of aromatic nitrogens is 2. The molecule has 34 heavy (non-hydrogen) atoms. The highest BCUT2D eigenvalue weighted by molar-refractivity contribution is 7.21. The largest absolute Gasteiger partial charge is 0.449 e. The van der Waals surface area contributed by atoms with Crippen LogP contribution in [0.3, 0.4) is 0 Å². The number of rotatable bonds is 6. The van der Waals surface area contributed by atoms with Gasteiger partial charge in [-0.25, -0.2) is 9.78 Å². The zero-order chi connectivity index (χ0) is 23.5. The van der Waals surface area contributed by atoms with Crippen LogP contribution >= 0.6 is 11.3 Å². The van der Waals surface area contributed by atoms with Gasteiger partial charge in [-0.3, -0.25) is 9.78 Å². The van der Waals surface area contributed by atoms with Crippen LogP contribution < -0.4 is 5.32 Å². The molecule has 0 saturated carbocycles. The van der Waals surface area contributed by atoms with Gasteiger partial charge < -0.3 is 10.1 Å². The van der Waals surface area contributed by atoms with Crippen molar-refractivity contribution in [3.8, 4) is 10.6 Å². The van der Waals surface area contributed by atoms with E-state index in [2.05, 4.69) is 10.3 Å². The molecule has 7 heteroatoms. The lowest BCUT2D eigenvalue weighted by atomic mass is 9.99. The highest BCUT2D eigenvalue weighted by Gasteiger charge is 2.24. The number of esters is 1. The van der Waals surface area contributed by atoms with Crippen molar-refractivity contribution < 1.29 is 14.3 Å². The monoisotopic (exact) mass is 467 g/mol. The van der Waals surface area contributed by atoms with Gasteiger partial charge in [0.05, 0.1) is 15.8 Å². The van der Waals surface area contributed by atoms with Gasteiger partial charge in [-0.15, -0.1) is 11.3 Å². The number of ether oxygens (including phenoxy) is 1. The molecule has 2 heterocycles. The second kappa shape index (κ2) is 9.41. The summed E-state index contributed by atoms with van der Waals surface area (Å²) in [5.41, 5.74) is 2.78. The second-order valence-electron chi connectivity index (χ2n) is 7.72. The predicted molar refractivity (Wildman–Crippen MR) is 135 cm³/mol. The van der Waals surface area contributed by atoms with Crippen molar-refractivity contribution in [3.05, 3.63) is 90.8 Å². The standard InChI is InChI=1S/C27H21N3O3S/c1-2-22(25(31)29-18-13-15-28-16-14-18)33-27(32)20-10-6-8-17-7-5-9-19(24(17)20)26-30-21-11-3-4-12-23(21)34-26/h3-16,22H,2H2,1H3,(H,28,29,31). The van der Waals surface area contributed by atoms with E-state index in [1.165, 1.54) is 0 Å². The first-order valence-electron chi connectivity index (χ1n) is 10.9. The van der Waals surface area contributed by atoms with Crippen LogP contribution in [0.2, 0.25) is 0 Å². The van der Waals surface area contributed by atoms with Gasteiger partial charge in [-0.2, -0.15) is 0 Å². The zero-order valence-electron chi connectivity index (χ0n) is 18.4. The molecule has 0 aliphatic carbocycles. The van der Waals surface area contributed by atoms with Crippen LogP contribution in [0.15, 0.2) is 85.2 Å². The number of thiazole rings is 1. The maximum Gasteiger partial charge on any atom is 0.339 e. The SMILES string of the molecule is CCC(OC(=O)c1cccc2cccc(-c3nc4ccccc4s3)c12)C(=O)Nc1ccncc1. The van der Waals surface area contributed by atoms with Gasteiger partial charge in [0, 0.05) is 29.0 Å². The third-order valence-electron chi connectivity index (χ3n) is 5.51. The Bertz CT molecular complexity index is 1460. The zero-order valence-corrected chi connectivity index (χ0v) is 19.2. The highest BCUT2D eigenvalue weighted by Crippen LogP contribution is 2.36. The first-order valence-corrected chi connectivity index (χ1v) is 11.7. The molecule has 1 atom stereocenters. The summed E-state index contributed by atoms with van der Waals surface area (Å²) in [5.74, 6) is -0.926. The molecular weight excluding hydrogens is 446 g/mol. The molecule has 5 rings (SSSR count). The van der Waals surface area contributed by atoms with Crippen molar-refractivity contribution in [1.82, 2.24) is 9.97 Å². The summed E-state index contributed by atoms with van der Waals surface area (Å²) < 4.78 is 6.77. The number of anilines is 1. The molecule has 0 bridgehead atoms. The van der Waals surface area contributed by atoms with E-state index >= 15 is 0 Å². The lowest BCUT2D eigenvalue weighted by Gasteiger charge is -2.17. The molecule has 0 spiro atoms. The average Bonchev–Trinajstić information content (AvgIpc) is 3.31. The number of pyridine rings is 1. The smallest absolute Gasteiger partial charge is 0.339 e. The van der Waals surface area contributed by atoms with Crippen molar-refractivity contribution >= 4 is 49.9 Å². The summed E-state index contributed by atoms with van der Waals surface area (Å²) in [6.07, 6.45) is 2.59. The lowest BCUT2D eigenvalue weighted by Crippen LogP contribution is -2.32. The minimum Gasteiger partial charge on any atom is -0.449 e. The van der Waals surface area contributed by atoms with Gasteiger partial charge in [0.15, 0.2) is 6.10 Å². The van der Waals surface area contributed by atoms with E-state index in [9.17, 15) is 9.59 Å². The molecule has 0 aliphatic rings. The van der Waals surface area contributed by atoms with Crippen LogP contribution in [0.1, 0.15) is 23.7 Å². The summed E-state index contributed by atoms with van der Waals surface area (Å²) in [4.78, 5) is 34.8. The molecule has 168 valence electrons. The second-order valence-corrected chi connectivity index (χ2v) is 8.75. The van der Waals surface area contributed by atoms with Gasteiger partial charge in [-0.05, 0) is 42.1 Å². The summed E-state index contributed by atoms with van der Waals surface area (Å²) in [6.45, 7) is 1.81. The fraction of sp³-hybridized carbons (Fsp3) is 0.111. The number of para-hydroxylation sites is 1. The van der Waals surface area contributed by atoms with Crippen molar-refractivity contribution in [3.63, 3.8) is 0 Å². The van der Waals surface area contributed by atoms with Crippen LogP contribution in [0.4, 0.5) is 5.69 Å². The predicted octanol–water partition coefficient (Wildman–Crippen LogP) is 6.09. The number of nitrogens with zero attached hydrogens (tertiary/aromatic N) is 2. The number of benzene rings is 3. The molecule has 3 aromatic carbocycles. The van der Waals surface area contributed by atoms with E-state index in [1.54, 1.807) is 48.9 Å². The summed E-state index contributed by atoms with van der Waals surface area (Å²) in [7, 11) is 0. The van der Waals surface area contributed by atoms with Gasteiger partial charge in [-0.1, -0.05) is 49.4 Å². The van der Waals surface area contributed by atoms with Crippen molar-refractivity contribution in [2.45, 2.75) is 19.4 Å². The van der Waals surface area contributed by atoms with Gasteiger partial charge in [0.1, 0.15) is 5.01 Å². The molecule has 2 aromatic heterocycles. The number of carbonyl (C=O) groups is 2. The average molecular weight is 468 g/mol. The maximum atomic E-state index is 13.3. The molecule has 0 saturated heterocycles. The Morgan fingerprint density at radius 3 is 2.50 bits per heavy atom. The number of hydrogen-bond acceptors (Lipinski definition) is 6. The van der Waals surface area contributed by atoms with E-state index < -0.39 is 12.1 Å². The molecule has 6 nitrogen and oxygen atoms in total. The first-order chi connectivity index (χ1) is 16.6. The fourth-order valence-corrected chi connectivity index (χ4v) is 4.85. The van der Waals surface area contributed by atoms with Crippen LogP contribution in [0, 0.1) is 0 Å². The van der Waals surface area contributed by atoms with Crippen LogP contribution in [-0.4, -0.2) is 27.9 Å². The Labute approximate surface area is 200 Å². The summed E-state index contributed by atoms with van der Waals surface area (Å²) in [6, 6.07) is 22.7. The summed E-state index contributed by atoms with van der Waals surface area (Å²) in [5, 5.41) is 5.27. The number of fused-ring (bicyclic) bond motifs is 2. The summed E-state index contributed by atoms with van der Waals surface area (Å²) >= 11 is 1.58. The minimum absolute atomic E-state index is 0.345. The fourth-order valence-electron chi connectivity index (χ4n) is 3.85. The van der Waals surface area contributed by atoms with E-state index in [0.29, 0.717) is 17.7 Å². The van der Waals surface area contributed by atoms with Crippen LogP contribution in [-0.2, 0) is 9.53 Å². The quantitative estimate of drug-likeness (QED) is 0.306. The first kappa shape index (κ1) is 21.7. The Kier molecular flexibility index (Phi) is 6.01. The normalized spacial score (nSPS) is 11.9. The minimum atomic E-state index is -0.925. The van der Waals surface area contributed by atoms with E-state index in [1.807, 2.05) is 54.6 Å². The van der Waals surface area contributed by atoms with Crippen molar-refractivity contribution in [2.75, 3.05) is 5.32 Å². The van der Waals surface area contributed by atoms with Crippen LogP contribution in [0.5, 0.6) is 0 Å². The third kappa shape index (κ3) is 4.25. The Morgan fingerprint density at radius 1 is 0.971 bits per heavy atom. The number of hydrogen-bond donors (Lipinski definition) is 1. The Morgan fingerprint density at radius 2 is 1.74 bits per heavy atom. The number of amides is 1. The van der Waals surface area contributed by atoms with E-state index in [0.717, 1.165) is 31.6 Å². The molecule has 5 aromatic rings. The van der Waals surface area contributed by atoms with Gasteiger partial charge in [0.2, 0.25) is 0 Å². The Balaban J connectivity index is 1.49. The highest BCUT2D eigenvalue weighted by atomic mass is 32.1. The molecule has 0 radical (unpaired) electrons. The van der Waals surface area contributed by atoms with Gasteiger partial charge >= 0.3 is 5.97 Å². The molecule has 0 fully saturated rings.